The second-order valence-electron chi connectivity index (χ2n) is 9.22. The molecule has 2 fully saturated rings. The number of carbonyl (C=O) groups excluding carboxylic acids is 2. The molecule has 0 bridgehead atoms. The summed E-state index contributed by atoms with van der Waals surface area (Å²) in [4.78, 5) is 23.6. The van der Waals surface area contributed by atoms with Crippen LogP contribution in [0.3, 0.4) is 0 Å². The minimum atomic E-state index is -0.573. The topological polar surface area (TPSA) is 72.8 Å². The molecule has 1 aromatic rings. The highest BCUT2D eigenvalue weighted by molar-refractivity contribution is 5.72. The number of aliphatic hydroxyl groups is 1. The SMILES string of the molecule is CCC(=O)Oc1ccc2c(c1)CC[C@@H]1[C@@H]2CC[C@]2(C)C(OC(=O)CC)C(O)C[C@@H]12. The Morgan fingerprint density at radius 2 is 1.93 bits per heavy atom. The molecule has 6 atom stereocenters. The zero-order valence-corrected chi connectivity index (χ0v) is 17.6. The van der Waals surface area contributed by atoms with E-state index in [1.807, 2.05) is 12.1 Å². The van der Waals surface area contributed by atoms with Crippen molar-refractivity contribution in [1.82, 2.24) is 0 Å². The summed E-state index contributed by atoms with van der Waals surface area (Å²) in [6.07, 6.45) is 4.45. The molecule has 1 aromatic carbocycles. The number of hydrogen-bond donors (Lipinski definition) is 1. The molecule has 0 spiro atoms. The first-order valence-electron chi connectivity index (χ1n) is 11.1. The third-order valence-electron chi connectivity index (χ3n) is 7.70. The molecule has 0 aromatic heterocycles. The minimum absolute atomic E-state index is 0.153. The van der Waals surface area contributed by atoms with Crippen LogP contribution in [0.15, 0.2) is 18.2 Å². The number of ether oxygens (including phenoxy) is 2. The van der Waals surface area contributed by atoms with E-state index in [4.69, 9.17) is 9.47 Å². The molecule has 3 aliphatic carbocycles. The molecule has 2 saturated carbocycles. The van der Waals surface area contributed by atoms with E-state index in [0.717, 1.165) is 25.7 Å². The Morgan fingerprint density at radius 3 is 2.66 bits per heavy atom. The fourth-order valence-corrected chi connectivity index (χ4v) is 6.23. The normalized spacial score (nSPS) is 35.2. The third-order valence-corrected chi connectivity index (χ3v) is 7.70. The molecule has 4 rings (SSSR count). The summed E-state index contributed by atoms with van der Waals surface area (Å²) >= 11 is 0. The maximum atomic E-state index is 11.9. The Kier molecular flexibility index (Phi) is 5.45. The van der Waals surface area contributed by atoms with Gasteiger partial charge in [-0.2, -0.15) is 0 Å². The molecule has 0 heterocycles. The molecule has 5 heteroatoms. The van der Waals surface area contributed by atoms with Gasteiger partial charge in [-0.1, -0.05) is 26.8 Å². The van der Waals surface area contributed by atoms with Crippen LogP contribution in [0.2, 0.25) is 0 Å². The van der Waals surface area contributed by atoms with E-state index >= 15 is 0 Å². The Labute approximate surface area is 172 Å². The number of benzene rings is 1. The Morgan fingerprint density at radius 1 is 1.17 bits per heavy atom. The number of rotatable bonds is 4. The quantitative estimate of drug-likeness (QED) is 0.607. The average Bonchev–Trinajstić information content (AvgIpc) is 2.97. The Balaban J connectivity index is 1.57. The van der Waals surface area contributed by atoms with E-state index in [2.05, 4.69) is 13.0 Å². The van der Waals surface area contributed by atoms with Gasteiger partial charge in [0.1, 0.15) is 11.9 Å². The van der Waals surface area contributed by atoms with Crippen LogP contribution >= 0.6 is 0 Å². The van der Waals surface area contributed by atoms with Crippen molar-refractivity contribution in [3.05, 3.63) is 29.3 Å². The van der Waals surface area contributed by atoms with Crippen molar-refractivity contribution >= 4 is 11.9 Å². The molecule has 158 valence electrons. The van der Waals surface area contributed by atoms with Gasteiger partial charge in [-0.05, 0) is 73.1 Å². The van der Waals surface area contributed by atoms with Gasteiger partial charge >= 0.3 is 11.9 Å². The molecular formula is C24H32O5. The van der Waals surface area contributed by atoms with Crippen molar-refractivity contribution in [3.63, 3.8) is 0 Å². The number of esters is 2. The zero-order chi connectivity index (χ0) is 20.8. The van der Waals surface area contributed by atoms with Gasteiger partial charge in [0.25, 0.3) is 0 Å². The van der Waals surface area contributed by atoms with Crippen molar-refractivity contribution in [3.8, 4) is 5.75 Å². The number of aryl methyl sites for hydroxylation is 1. The van der Waals surface area contributed by atoms with E-state index in [1.165, 1.54) is 11.1 Å². The molecule has 0 saturated heterocycles. The second-order valence-corrected chi connectivity index (χ2v) is 9.22. The predicted molar refractivity (Wildman–Crippen MR) is 109 cm³/mol. The summed E-state index contributed by atoms with van der Waals surface area (Å²) in [6.45, 7) is 5.80. The monoisotopic (exact) mass is 400 g/mol. The first-order valence-corrected chi connectivity index (χ1v) is 11.1. The molecular weight excluding hydrogens is 368 g/mol. The predicted octanol–water partition coefficient (Wildman–Crippen LogP) is 4.15. The lowest BCUT2D eigenvalue weighted by Crippen LogP contribution is -2.46. The summed E-state index contributed by atoms with van der Waals surface area (Å²) in [5.74, 6) is 1.51. The summed E-state index contributed by atoms with van der Waals surface area (Å²) in [5.41, 5.74) is 2.49. The van der Waals surface area contributed by atoms with Gasteiger partial charge in [-0.25, -0.2) is 0 Å². The molecule has 3 aliphatic rings. The van der Waals surface area contributed by atoms with Crippen LogP contribution in [-0.2, 0) is 20.7 Å². The first kappa shape index (κ1) is 20.4. The van der Waals surface area contributed by atoms with Gasteiger partial charge in [0.15, 0.2) is 0 Å². The average molecular weight is 401 g/mol. The van der Waals surface area contributed by atoms with Gasteiger partial charge < -0.3 is 14.6 Å². The molecule has 0 radical (unpaired) electrons. The molecule has 5 nitrogen and oxygen atoms in total. The highest BCUT2D eigenvalue weighted by atomic mass is 16.6. The van der Waals surface area contributed by atoms with Crippen LogP contribution in [-0.4, -0.2) is 29.3 Å². The van der Waals surface area contributed by atoms with Gasteiger partial charge in [-0.15, -0.1) is 0 Å². The highest BCUT2D eigenvalue weighted by Crippen LogP contribution is 2.61. The van der Waals surface area contributed by atoms with Crippen LogP contribution in [0.4, 0.5) is 0 Å². The Bertz CT molecular complexity index is 802. The molecule has 0 amide bonds. The minimum Gasteiger partial charge on any atom is -0.459 e. The zero-order valence-electron chi connectivity index (χ0n) is 17.6. The smallest absolute Gasteiger partial charge is 0.310 e. The van der Waals surface area contributed by atoms with Crippen molar-refractivity contribution in [2.75, 3.05) is 0 Å². The second kappa shape index (κ2) is 7.75. The van der Waals surface area contributed by atoms with Crippen LogP contribution in [0, 0.1) is 17.3 Å². The molecule has 29 heavy (non-hydrogen) atoms. The lowest BCUT2D eigenvalue weighted by Gasteiger charge is -2.50. The van der Waals surface area contributed by atoms with Gasteiger partial charge in [0.2, 0.25) is 0 Å². The molecule has 2 unspecified atom stereocenters. The largest absolute Gasteiger partial charge is 0.459 e. The van der Waals surface area contributed by atoms with E-state index in [0.29, 0.717) is 42.8 Å². The van der Waals surface area contributed by atoms with Crippen LogP contribution < -0.4 is 4.74 Å². The fourth-order valence-electron chi connectivity index (χ4n) is 6.23. The molecule has 0 aliphatic heterocycles. The maximum absolute atomic E-state index is 11.9. The third kappa shape index (κ3) is 3.48. The van der Waals surface area contributed by atoms with E-state index < -0.39 is 12.2 Å². The van der Waals surface area contributed by atoms with Crippen LogP contribution in [0.5, 0.6) is 5.75 Å². The van der Waals surface area contributed by atoms with Crippen LogP contribution in [0.25, 0.3) is 0 Å². The van der Waals surface area contributed by atoms with Gasteiger partial charge in [0, 0.05) is 18.3 Å². The summed E-state index contributed by atoms with van der Waals surface area (Å²) in [7, 11) is 0. The number of fused-ring (bicyclic) bond motifs is 5. The highest BCUT2D eigenvalue weighted by Gasteiger charge is 2.59. The number of aliphatic hydroxyl groups excluding tert-OH is 1. The number of hydrogen-bond acceptors (Lipinski definition) is 5. The van der Waals surface area contributed by atoms with E-state index in [-0.39, 0.29) is 17.4 Å². The van der Waals surface area contributed by atoms with Crippen LogP contribution in [0.1, 0.15) is 76.3 Å². The number of carbonyl (C=O) groups is 2. The summed E-state index contributed by atoms with van der Waals surface area (Å²) in [5, 5.41) is 10.7. The van der Waals surface area contributed by atoms with Gasteiger partial charge in [-0.3, -0.25) is 9.59 Å². The first-order chi connectivity index (χ1) is 13.9. The lowest BCUT2D eigenvalue weighted by atomic mass is 9.55. The maximum Gasteiger partial charge on any atom is 0.310 e. The van der Waals surface area contributed by atoms with Crippen molar-refractivity contribution in [2.24, 2.45) is 17.3 Å². The van der Waals surface area contributed by atoms with Crippen molar-refractivity contribution in [1.29, 1.82) is 0 Å². The fraction of sp³-hybridized carbons (Fsp3) is 0.667. The van der Waals surface area contributed by atoms with Gasteiger partial charge in [0.05, 0.1) is 6.10 Å². The Hall–Kier alpha value is -1.88. The summed E-state index contributed by atoms with van der Waals surface area (Å²) in [6, 6.07) is 6.08. The van der Waals surface area contributed by atoms with Crippen molar-refractivity contribution in [2.45, 2.75) is 83.8 Å². The molecule has 1 N–H and O–H groups in total. The lowest BCUT2D eigenvalue weighted by molar-refractivity contribution is -0.163. The van der Waals surface area contributed by atoms with E-state index in [1.54, 1.807) is 13.8 Å². The standard InChI is InChI=1S/C24H32O5/c1-4-21(26)28-15-7-9-16-14(12-15)6-8-18-17(16)10-11-24(3)19(18)13-20(25)23(24)29-22(27)5-2/h7,9,12,17-20,23,25H,4-6,8,10-11,13H2,1-3H3/t17-,18-,19+,20?,23?,24+/m1/s1. The summed E-state index contributed by atoms with van der Waals surface area (Å²) < 4.78 is 11.1. The van der Waals surface area contributed by atoms with E-state index in [9.17, 15) is 14.7 Å². The van der Waals surface area contributed by atoms with Crippen molar-refractivity contribution < 1.29 is 24.2 Å².